The molecule has 0 aliphatic heterocycles. The second-order valence-electron chi connectivity index (χ2n) is 4.79. The molecule has 2 N–H and O–H groups in total. The van der Waals surface area contributed by atoms with E-state index in [1.54, 1.807) is 6.08 Å². The van der Waals surface area contributed by atoms with Crippen molar-refractivity contribution < 1.29 is 13.9 Å². The zero-order valence-corrected chi connectivity index (χ0v) is 13.9. The largest absolute Gasteiger partial charge is 0.494 e. The molecule has 0 heterocycles. The number of thiocarbonyl (C=S) groups is 1. The fourth-order valence-corrected chi connectivity index (χ4v) is 2.08. The molecule has 0 saturated carbocycles. The van der Waals surface area contributed by atoms with Crippen LogP contribution in [0.5, 0.6) is 5.75 Å². The first kappa shape index (κ1) is 17.6. The number of anilines is 1. The van der Waals surface area contributed by atoms with E-state index >= 15 is 0 Å². The molecule has 6 heteroatoms. The van der Waals surface area contributed by atoms with Gasteiger partial charge in [0.15, 0.2) is 5.11 Å². The summed E-state index contributed by atoms with van der Waals surface area (Å²) in [7, 11) is 0. The average molecular weight is 344 g/mol. The second-order valence-corrected chi connectivity index (χ2v) is 5.19. The highest BCUT2D eigenvalue weighted by molar-refractivity contribution is 7.80. The summed E-state index contributed by atoms with van der Waals surface area (Å²) >= 11 is 5.03. The second kappa shape index (κ2) is 8.79. The number of amides is 1. The smallest absolute Gasteiger partial charge is 0.250 e. The van der Waals surface area contributed by atoms with Gasteiger partial charge < -0.3 is 10.1 Å². The summed E-state index contributed by atoms with van der Waals surface area (Å²) in [5.41, 5.74) is 1.46. The molecule has 0 aliphatic rings. The summed E-state index contributed by atoms with van der Waals surface area (Å²) in [6, 6.07) is 13.0. The zero-order chi connectivity index (χ0) is 17.4. The van der Waals surface area contributed by atoms with Gasteiger partial charge >= 0.3 is 0 Å². The van der Waals surface area contributed by atoms with Crippen molar-refractivity contribution in [3.8, 4) is 5.75 Å². The zero-order valence-electron chi connectivity index (χ0n) is 13.1. The molecule has 0 saturated heterocycles. The highest BCUT2D eigenvalue weighted by Gasteiger charge is 2.02. The van der Waals surface area contributed by atoms with Gasteiger partial charge in [-0.1, -0.05) is 12.1 Å². The van der Waals surface area contributed by atoms with Gasteiger partial charge in [0.05, 0.1) is 6.61 Å². The Labute approximate surface area is 145 Å². The van der Waals surface area contributed by atoms with E-state index in [4.69, 9.17) is 17.0 Å². The van der Waals surface area contributed by atoms with E-state index in [2.05, 4.69) is 10.6 Å². The summed E-state index contributed by atoms with van der Waals surface area (Å²) in [6.45, 7) is 2.52. The summed E-state index contributed by atoms with van der Waals surface area (Å²) in [5, 5.41) is 5.46. The Hall–Kier alpha value is -2.73. The van der Waals surface area contributed by atoms with Crippen molar-refractivity contribution in [3.63, 3.8) is 0 Å². The van der Waals surface area contributed by atoms with E-state index < -0.39 is 0 Å². The summed E-state index contributed by atoms with van der Waals surface area (Å²) in [6.07, 6.45) is 3.06. The normalized spacial score (nSPS) is 10.4. The first-order valence-corrected chi connectivity index (χ1v) is 7.76. The number of hydrogen-bond acceptors (Lipinski definition) is 3. The molecule has 0 spiro atoms. The van der Waals surface area contributed by atoms with E-state index in [0.29, 0.717) is 12.3 Å². The maximum Gasteiger partial charge on any atom is 0.250 e. The lowest BCUT2D eigenvalue weighted by atomic mass is 10.2. The van der Waals surface area contributed by atoms with Crippen LogP contribution in [-0.4, -0.2) is 17.6 Å². The molecule has 124 valence electrons. The molecular weight excluding hydrogens is 327 g/mol. The molecule has 0 aromatic heterocycles. The minimum absolute atomic E-state index is 0.142. The third kappa shape index (κ3) is 5.81. The van der Waals surface area contributed by atoms with Gasteiger partial charge in [0.2, 0.25) is 5.91 Å². The highest BCUT2D eigenvalue weighted by atomic mass is 32.1. The minimum atomic E-state index is -0.358. The van der Waals surface area contributed by atoms with Gasteiger partial charge in [-0.05, 0) is 67.2 Å². The number of carbonyl (C=O) groups excluding carboxylic acids is 1. The van der Waals surface area contributed by atoms with Gasteiger partial charge in [0, 0.05) is 11.8 Å². The van der Waals surface area contributed by atoms with Crippen LogP contribution in [0, 0.1) is 5.82 Å². The molecule has 2 rings (SSSR count). The highest BCUT2D eigenvalue weighted by Crippen LogP contribution is 2.13. The first-order valence-electron chi connectivity index (χ1n) is 7.35. The minimum Gasteiger partial charge on any atom is -0.494 e. The molecule has 4 nitrogen and oxygen atoms in total. The molecule has 0 fully saturated rings. The molecule has 0 unspecified atom stereocenters. The average Bonchev–Trinajstić information content (AvgIpc) is 2.56. The Morgan fingerprint density at radius 3 is 2.46 bits per heavy atom. The topological polar surface area (TPSA) is 50.4 Å². The van der Waals surface area contributed by atoms with Crippen LogP contribution in [0.4, 0.5) is 10.1 Å². The van der Waals surface area contributed by atoms with E-state index in [1.807, 2.05) is 31.2 Å². The number of ether oxygens (including phenoxy) is 1. The van der Waals surface area contributed by atoms with Gasteiger partial charge in [-0.25, -0.2) is 4.39 Å². The lowest BCUT2D eigenvalue weighted by molar-refractivity contribution is -0.115. The Kier molecular flexibility index (Phi) is 6.45. The van der Waals surface area contributed by atoms with Crippen LogP contribution in [0.3, 0.4) is 0 Å². The molecule has 0 aliphatic carbocycles. The standard InChI is InChI=1S/C18H17FN2O2S/c1-2-23-16-10-3-13(4-11-16)5-12-17(22)21-18(24)20-15-8-6-14(19)7-9-15/h3-12H,2H2,1H3,(H2,20,21,22,24)/b12-5+. The maximum absolute atomic E-state index is 12.8. The van der Waals surface area contributed by atoms with Gasteiger partial charge in [-0.2, -0.15) is 0 Å². The fraction of sp³-hybridized carbons (Fsp3) is 0.111. The van der Waals surface area contributed by atoms with Gasteiger partial charge in [-0.3, -0.25) is 10.1 Å². The molecule has 1 amide bonds. The molecule has 24 heavy (non-hydrogen) atoms. The Morgan fingerprint density at radius 1 is 1.17 bits per heavy atom. The van der Waals surface area contributed by atoms with Crippen molar-refractivity contribution in [3.05, 3.63) is 66.0 Å². The van der Waals surface area contributed by atoms with Crippen molar-refractivity contribution in [2.24, 2.45) is 0 Å². The van der Waals surface area contributed by atoms with Crippen LogP contribution in [-0.2, 0) is 4.79 Å². The van der Waals surface area contributed by atoms with E-state index in [9.17, 15) is 9.18 Å². The predicted molar refractivity (Wildman–Crippen MR) is 97.4 cm³/mol. The van der Waals surface area contributed by atoms with Crippen LogP contribution in [0.1, 0.15) is 12.5 Å². The van der Waals surface area contributed by atoms with Crippen molar-refractivity contribution in [1.29, 1.82) is 0 Å². The van der Waals surface area contributed by atoms with Gasteiger partial charge in [-0.15, -0.1) is 0 Å². The van der Waals surface area contributed by atoms with E-state index in [1.165, 1.54) is 30.3 Å². The van der Waals surface area contributed by atoms with Crippen molar-refractivity contribution in [2.45, 2.75) is 6.92 Å². The maximum atomic E-state index is 12.8. The Bertz CT molecular complexity index is 728. The lowest BCUT2D eigenvalue weighted by Crippen LogP contribution is -2.32. The summed E-state index contributed by atoms with van der Waals surface area (Å²) in [4.78, 5) is 11.8. The van der Waals surface area contributed by atoms with Crippen LogP contribution >= 0.6 is 12.2 Å². The van der Waals surface area contributed by atoms with Crippen LogP contribution in [0.2, 0.25) is 0 Å². The van der Waals surface area contributed by atoms with Gasteiger partial charge in [0.25, 0.3) is 0 Å². The number of rotatable bonds is 5. The molecule has 2 aromatic rings. The third-order valence-corrected chi connectivity index (χ3v) is 3.16. The summed E-state index contributed by atoms with van der Waals surface area (Å²) < 4.78 is 18.2. The van der Waals surface area contributed by atoms with Crippen molar-refractivity contribution >= 4 is 35.0 Å². The Morgan fingerprint density at radius 2 is 1.83 bits per heavy atom. The van der Waals surface area contributed by atoms with Crippen LogP contribution < -0.4 is 15.4 Å². The van der Waals surface area contributed by atoms with Crippen LogP contribution in [0.15, 0.2) is 54.6 Å². The number of carbonyl (C=O) groups is 1. The van der Waals surface area contributed by atoms with Crippen molar-refractivity contribution in [1.82, 2.24) is 5.32 Å². The van der Waals surface area contributed by atoms with Crippen molar-refractivity contribution in [2.75, 3.05) is 11.9 Å². The van der Waals surface area contributed by atoms with E-state index in [-0.39, 0.29) is 16.8 Å². The SMILES string of the molecule is CCOc1ccc(/C=C/C(=O)NC(=S)Nc2ccc(F)cc2)cc1. The van der Waals surface area contributed by atoms with E-state index in [0.717, 1.165) is 11.3 Å². The lowest BCUT2D eigenvalue weighted by Gasteiger charge is -2.07. The Balaban J connectivity index is 1.85. The number of hydrogen-bond donors (Lipinski definition) is 2. The molecule has 2 aromatic carbocycles. The van der Waals surface area contributed by atoms with Crippen LogP contribution in [0.25, 0.3) is 6.08 Å². The number of benzene rings is 2. The molecule has 0 bridgehead atoms. The fourth-order valence-electron chi connectivity index (χ4n) is 1.86. The predicted octanol–water partition coefficient (Wildman–Crippen LogP) is 3.75. The third-order valence-electron chi connectivity index (χ3n) is 2.96. The number of nitrogens with one attached hydrogen (secondary N) is 2. The quantitative estimate of drug-likeness (QED) is 0.641. The van der Waals surface area contributed by atoms with Gasteiger partial charge in [0.1, 0.15) is 11.6 Å². The summed E-state index contributed by atoms with van der Waals surface area (Å²) in [5.74, 6) is 0.0843. The number of halogens is 1. The molecular formula is C18H17FN2O2S. The first-order chi connectivity index (χ1) is 11.6. The molecule has 0 radical (unpaired) electrons. The monoisotopic (exact) mass is 344 g/mol. The molecule has 0 atom stereocenters.